The van der Waals surface area contributed by atoms with Gasteiger partial charge in [-0.05, 0) is 36.6 Å². The Hall–Kier alpha value is -1.11. The van der Waals surface area contributed by atoms with Crippen molar-refractivity contribution >= 4 is 15.7 Å². The first-order valence-corrected chi connectivity index (χ1v) is 7.77. The van der Waals surface area contributed by atoms with Crippen molar-refractivity contribution in [1.82, 2.24) is 4.31 Å². The Labute approximate surface area is 114 Å². The van der Waals surface area contributed by atoms with Crippen LogP contribution in [0.15, 0.2) is 29.2 Å². The molecule has 19 heavy (non-hydrogen) atoms. The maximum Gasteiger partial charge on any atom is 0.243 e. The van der Waals surface area contributed by atoms with Gasteiger partial charge in [0.2, 0.25) is 10.0 Å². The highest BCUT2D eigenvalue weighted by Gasteiger charge is 2.33. The summed E-state index contributed by atoms with van der Waals surface area (Å²) >= 11 is 0. The SMILES string of the molecule is COC1CN(S(=O)(=O)c2ccc(N)cc2)CCC1C. The molecule has 6 heteroatoms. The van der Waals surface area contributed by atoms with Gasteiger partial charge >= 0.3 is 0 Å². The van der Waals surface area contributed by atoms with Crippen LogP contribution >= 0.6 is 0 Å². The van der Waals surface area contributed by atoms with E-state index in [2.05, 4.69) is 6.92 Å². The minimum Gasteiger partial charge on any atom is -0.399 e. The topological polar surface area (TPSA) is 72.6 Å². The molecule has 2 unspecified atom stereocenters. The third kappa shape index (κ3) is 2.91. The Bertz CT molecular complexity index is 527. The van der Waals surface area contributed by atoms with E-state index in [-0.39, 0.29) is 11.0 Å². The maximum atomic E-state index is 12.5. The van der Waals surface area contributed by atoms with Gasteiger partial charge in [-0.25, -0.2) is 8.42 Å². The number of methoxy groups -OCH3 is 1. The van der Waals surface area contributed by atoms with Crippen molar-refractivity contribution < 1.29 is 13.2 Å². The van der Waals surface area contributed by atoms with Crippen LogP contribution in [0.25, 0.3) is 0 Å². The fourth-order valence-electron chi connectivity index (χ4n) is 2.32. The maximum absolute atomic E-state index is 12.5. The monoisotopic (exact) mass is 284 g/mol. The highest BCUT2D eigenvalue weighted by atomic mass is 32.2. The van der Waals surface area contributed by atoms with Gasteiger partial charge in [-0.15, -0.1) is 0 Å². The molecule has 2 atom stereocenters. The number of ether oxygens (including phenoxy) is 1. The first-order chi connectivity index (χ1) is 8.95. The van der Waals surface area contributed by atoms with Crippen LogP contribution in [-0.4, -0.2) is 39.0 Å². The number of anilines is 1. The molecular formula is C13H20N2O3S. The van der Waals surface area contributed by atoms with Crippen molar-refractivity contribution in [2.45, 2.75) is 24.3 Å². The lowest BCUT2D eigenvalue weighted by Gasteiger charge is -2.35. The van der Waals surface area contributed by atoms with Crippen LogP contribution in [0.2, 0.25) is 0 Å². The third-order valence-electron chi connectivity index (χ3n) is 3.67. The Kier molecular flexibility index (Phi) is 4.13. The average Bonchev–Trinajstić information content (AvgIpc) is 2.39. The van der Waals surface area contributed by atoms with Crippen LogP contribution in [0, 0.1) is 5.92 Å². The van der Waals surface area contributed by atoms with E-state index in [0.717, 1.165) is 6.42 Å². The summed E-state index contributed by atoms with van der Waals surface area (Å²) in [5, 5.41) is 0. The van der Waals surface area contributed by atoms with E-state index in [0.29, 0.717) is 24.7 Å². The second-order valence-corrected chi connectivity index (χ2v) is 6.91. The Balaban J connectivity index is 2.23. The minimum absolute atomic E-state index is 0.0442. The molecule has 0 radical (unpaired) electrons. The van der Waals surface area contributed by atoms with Gasteiger partial charge in [-0.3, -0.25) is 0 Å². The average molecular weight is 284 g/mol. The van der Waals surface area contributed by atoms with Crippen molar-refractivity contribution in [3.8, 4) is 0 Å². The number of nitrogens with two attached hydrogens (primary N) is 1. The van der Waals surface area contributed by atoms with Gasteiger partial charge in [0.15, 0.2) is 0 Å². The van der Waals surface area contributed by atoms with Gasteiger partial charge in [0, 0.05) is 25.9 Å². The van der Waals surface area contributed by atoms with Gasteiger partial charge in [-0.1, -0.05) is 6.92 Å². The summed E-state index contributed by atoms with van der Waals surface area (Å²) in [6.45, 7) is 3.03. The molecule has 1 aliphatic heterocycles. The van der Waals surface area contributed by atoms with Gasteiger partial charge < -0.3 is 10.5 Å². The lowest BCUT2D eigenvalue weighted by atomic mass is 9.97. The number of nitrogens with zero attached hydrogens (tertiary/aromatic N) is 1. The molecule has 0 amide bonds. The van der Waals surface area contributed by atoms with Crippen LogP contribution in [0.4, 0.5) is 5.69 Å². The lowest BCUT2D eigenvalue weighted by Crippen LogP contribution is -2.46. The standard InChI is InChI=1S/C13H20N2O3S/c1-10-7-8-15(9-13(10)18-2)19(16,17)12-5-3-11(14)4-6-12/h3-6,10,13H,7-9,14H2,1-2H3. The number of rotatable bonds is 3. The zero-order valence-corrected chi connectivity index (χ0v) is 12.1. The van der Waals surface area contributed by atoms with Crippen LogP contribution < -0.4 is 5.73 Å². The zero-order chi connectivity index (χ0) is 14.0. The Morgan fingerprint density at radius 2 is 1.95 bits per heavy atom. The molecule has 2 N–H and O–H groups in total. The second-order valence-electron chi connectivity index (χ2n) is 4.97. The summed E-state index contributed by atoms with van der Waals surface area (Å²) < 4.78 is 31.8. The van der Waals surface area contributed by atoms with E-state index in [1.165, 1.54) is 4.31 Å². The molecule has 5 nitrogen and oxygen atoms in total. The fourth-order valence-corrected chi connectivity index (χ4v) is 3.79. The highest BCUT2D eigenvalue weighted by Crippen LogP contribution is 2.25. The van der Waals surface area contributed by atoms with Gasteiger partial charge in [-0.2, -0.15) is 4.31 Å². The predicted octanol–water partition coefficient (Wildman–Crippen LogP) is 1.31. The summed E-state index contributed by atoms with van der Waals surface area (Å²) in [5.74, 6) is 0.378. The first kappa shape index (κ1) is 14.3. The number of hydrogen-bond donors (Lipinski definition) is 1. The van der Waals surface area contributed by atoms with Gasteiger partial charge in [0.05, 0.1) is 11.0 Å². The molecule has 1 aliphatic rings. The first-order valence-electron chi connectivity index (χ1n) is 6.33. The van der Waals surface area contributed by atoms with Gasteiger partial charge in [0.1, 0.15) is 0 Å². The summed E-state index contributed by atoms with van der Waals surface area (Å²) in [6, 6.07) is 6.30. The molecule has 1 fully saturated rings. The number of nitrogen functional groups attached to an aromatic ring is 1. The summed E-state index contributed by atoms with van der Waals surface area (Å²) in [5.41, 5.74) is 6.14. The second kappa shape index (κ2) is 5.48. The van der Waals surface area contributed by atoms with Crippen molar-refractivity contribution in [3.63, 3.8) is 0 Å². The molecule has 0 saturated carbocycles. The van der Waals surface area contributed by atoms with Crippen LogP contribution in [0.3, 0.4) is 0 Å². The predicted molar refractivity (Wildman–Crippen MR) is 74.2 cm³/mol. The molecule has 2 rings (SSSR count). The van der Waals surface area contributed by atoms with E-state index in [1.807, 2.05) is 0 Å². The number of benzene rings is 1. The normalized spacial score (nSPS) is 25.4. The summed E-state index contributed by atoms with van der Waals surface area (Å²) in [4.78, 5) is 0.283. The molecule has 1 aromatic carbocycles. The molecule has 0 aliphatic carbocycles. The fraction of sp³-hybridized carbons (Fsp3) is 0.538. The molecule has 0 aromatic heterocycles. The largest absolute Gasteiger partial charge is 0.399 e. The third-order valence-corrected chi connectivity index (χ3v) is 5.55. The van der Waals surface area contributed by atoms with Crippen molar-refractivity contribution in [1.29, 1.82) is 0 Å². The van der Waals surface area contributed by atoms with E-state index in [9.17, 15) is 8.42 Å². The van der Waals surface area contributed by atoms with E-state index < -0.39 is 10.0 Å². The number of hydrogen-bond acceptors (Lipinski definition) is 4. The van der Waals surface area contributed by atoms with Crippen molar-refractivity contribution in [3.05, 3.63) is 24.3 Å². The molecule has 1 aromatic rings. The molecular weight excluding hydrogens is 264 g/mol. The summed E-state index contributed by atoms with van der Waals surface area (Å²) in [6.07, 6.45) is 0.768. The molecule has 0 spiro atoms. The Morgan fingerprint density at radius 3 is 2.53 bits per heavy atom. The minimum atomic E-state index is -3.45. The highest BCUT2D eigenvalue weighted by molar-refractivity contribution is 7.89. The van der Waals surface area contributed by atoms with Crippen molar-refractivity contribution in [2.75, 3.05) is 25.9 Å². The zero-order valence-electron chi connectivity index (χ0n) is 11.2. The quantitative estimate of drug-likeness (QED) is 0.850. The number of sulfonamides is 1. The van der Waals surface area contributed by atoms with Gasteiger partial charge in [0.25, 0.3) is 0 Å². The van der Waals surface area contributed by atoms with Crippen LogP contribution in [-0.2, 0) is 14.8 Å². The summed E-state index contributed by atoms with van der Waals surface area (Å²) in [7, 11) is -1.82. The van der Waals surface area contributed by atoms with Crippen molar-refractivity contribution in [2.24, 2.45) is 5.92 Å². The smallest absolute Gasteiger partial charge is 0.243 e. The Morgan fingerprint density at radius 1 is 1.32 bits per heavy atom. The van der Waals surface area contributed by atoms with E-state index in [1.54, 1.807) is 31.4 Å². The molecule has 1 heterocycles. The molecule has 106 valence electrons. The van der Waals surface area contributed by atoms with E-state index >= 15 is 0 Å². The molecule has 1 saturated heterocycles. The van der Waals surface area contributed by atoms with Crippen LogP contribution in [0.5, 0.6) is 0 Å². The lowest BCUT2D eigenvalue weighted by molar-refractivity contribution is 0.0184. The van der Waals surface area contributed by atoms with Crippen LogP contribution in [0.1, 0.15) is 13.3 Å². The molecule has 0 bridgehead atoms. The van der Waals surface area contributed by atoms with E-state index in [4.69, 9.17) is 10.5 Å². The number of piperidine rings is 1.